The molecule has 0 aromatic heterocycles. The van der Waals surface area contributed by atoms with Crippen molar-refractivity contribution in [2.45, 2.75) is 44.8 Å². The van der Waals surface area contributed by atoms with Crippen molar-refractivity contribution < 1.29 is 14.3 Å². The number of amides is 1. The van der Waals surface area contributed by atoms with Crippen LogP contribution in [0.4, 0.5) is 0 Å². The van der Waals surface area contributed by atoms with Crippen LogP contribution >= 0.6 is 12.4 Å². The Labute approximate surface area is 144 Å². The summed E-state index contributed by atoms with van der Waals surface area (Å²) in [5.41, 5.74) is 6.82. The largest absolute Gasteiger partial charge is 0.492 e. The molecule has 1 saturated heterocycles. The number of carbonyl (C=O) groups excluding carboxylic acids is 1. The summed E-state index contributed by atoms with van der Waals surface area (Å²) in [6.45, 7) is 5.70. The zero-order chi connectivity index (χ0) is 15.9. The van der Waals surface area contributed by atoms with Crippen molar-refractivity contribution in [3.63, 3.8) is 0 Å². The minimum absolute atomic E-state index is 0. The predicted octanol–water partition coefficient (Wildman–Crippen LogP) is 2.23. The van der Waals surface area contributed by atoms with Gasteiger partial charge in [0.25, 0.3) is 0 Å². The monoisotopic (exact) mass is 342 g/mol. The number of ether oxygens (including phenoxy) is 2. The van der Waals surface area contributed by atoms with E-state index in [1.165, 1.54) is 5.56 Å². The molecule has 23 heavy (non-hydrogen) atoms. The van der Waals surface area contributed by atoms with Gasteiger partial charge in [0.15, 0.2) is 0 Å². The normalized spacial score (nSPS) is 20.2. The fraction of sp³-hybridized carbons (Fsp3) is 0.588. The van der Waals surface area contributed by atoms with Crippen LogP contribution in [0.3, 0.4) is 0 Å². The van der Waals surface area contributed by atoms with Crippen LogP contribution in [0.15, 0.2) is 24.3 Å². The molecule has 1 aliphatic rings. The van der Waals surface area contributed by atoms with E-state index in [1.54, 1.807) is 0 Å². The number of carbonyl (C=O) groups is 1. The molecule has 1 aromatic carbocycles. The van der Waals surface area contributed by atoms with Crippen molar-refractivity contribution in [3.05, 3.63) is 29.8 Å². The standard InChI is InChI=1S/C17H26N2O3.ClH/c1-12(2)13-3-5-14(6-4-13)21-10-9-19-17(20)16-8-7-15(11-18)22-16;/h3-6,12,15-16H,7-11,18H2,1-2H3,(H,19,20);1H/t15-,16+;/m1./s1. The lowest BCUT2D eigenvalue weighted by Crippen LogP contribution is -2.37. The van der Waals surface area contributed by atoms with Crippen molar-refractivity contribution in [2.24, 2.45) is 5.73 Å². The summed E-state index contributed by atoms with van der Waals surface area (Å²) in [6, 6.07) is 8.06. The van der Waals surface area contributed by atoms with E-state index in [0.717, 1.165) is 18.6 Å². The van der Waals surface area contributed by atoms with Gasteiger partial charge < -0.3 is 20.5 Å². The second-order valence-corrected chi connectivity index (χ2v) is 5.92. The summed E-state index contributed by atoms with van der Waals surface area (Å²) in [6.07, 6.45) is 1.25. The van der Waals surface area contributed by atoms with E-state index in [-0.39, 0.29) is 30.5 Å². The molecule has 0 radical (unpaired) electrons. The third kappa shape index (κ3) is 6.01. The van der Waals surface area contributed by atoms with Gasteiger partial charge in [-0.05, 0) is 36.5 Å². The van der Waals surface area contributed by atoms with Crippen LogP contribution in [0.2, 0.25) is 0 Å². The molecule has 1 aliphatic heterocycles. The van der Waals surface area contributed by atoms with Crippen LogP contribution in [0.1, 0.15) is 38.2 Å². The van der Waals surface area contributed by atoms with Crippen molar-refractivity contribution in [1.82, 2.24) is 5.32 Å². The van der Waals surface area contributed by atoms with Gasteiger partial charge in [0.1, 0.15) is 18.5 Å². The fourth-order valence-corrected chi connectivity index (χ4v) is 2.48. The van der Waals surface area contributed by atoms with Gasteiger partial charge in [0, 0.05) is 6.54 Å². The minimum Gasteiger partial charge on any atom is -0.492 e. The molecule has 1 aromatic rings. The van der Waals surface area contributed by atoms with Gasteiger partial charge in [-0.1, -0.05) is 26.0 Å². The lowest BCUT2D eigenvalue weighted by atomic mass is 10.0. The summed E-state index contributed by atoms with van der Waals surface area (Å²) in [5.74, 6) is 1.26. The van der Waals surface area contributed by atoms with E-state index in [4.69, 9.17) is 15.2 Å². The van der Waals surface area contributed by atoms with E-state index in [1.807, 2.05) is 12.1 Å². The lowest BCUT2D eigenvalue weighted by molar-refractivity contribution is -0.131. The molecule has 0 spiro atoms. The summed E-state index contributed by atoms with van der Waals surface area (Å²) in [4.78, 5) is 11.9. The lowest BCUT2D eigenvalue weighted by Gasteiger charge is -2.13. The quantitative estimate of drug-likeness (QED) is 0.745. The van der Waals surface area contributed by atoms with Crippen molar-refractivity contribution in [1.29, 1.82) is 0 Å². The summed E-state index contributed by atoms with van der Waals surface area (Å²) in [7, 11) is 0. The molecule has 0 unspecified atom stereocenters. The number of halogens is 1. The van der Waals surface area contributed by atoms with Crippen LogP contribution in [-0.2, 0) is 9.53 Å². The van der Waals surface area contributed by atoms with Crippen molar-refractivity contribution in [2.75, 3.05) is 19.7 Å². The first-order valence-corrected chi connectivity index (χ1v) is 7.96. The molecule has 130 valence electrons. The molecule has 2 rings (SSSR count). The molecule has 5 nitrogen and oxygen atoms in total. The maximum absolute atomic E-state index is 11.9. The van der Waals surface area contributed by atoms with Gasteiger partial charge in [-0.3, -0.25) is 4.79 Å². The van der Waals surface area contributed by atoms with Crippen LogP contribution < -0.4 is 15.8 Å². The maximum Gasteiger partial charge on any atom is 0.249 e. The third-order valence-electron chi connectivity index (χ3n) is 3.88. The molecule has 0 bridgehead atoms. The first kappa shape index (κ1) is 19.7. The van der Waals surface area contributed by atoms with E-state index >= 15 is 0 Å². The molecule has 0 saturated carbocycles. The van der Waals surface area contributed by atoms with Crippen LogP contribution in [0.5, 0.6) is 5.75 Å². The summed E-state index contributed by atoms with van der Waals surface area (Å²) >= 11 is 0. The Bertz CT molecular complexity index is 479. The number of nitrogens with one attached hydrogen (secondary N) is 1. The highest BCUT2D eigenvalue weighted by Gasteiger charge is 2.29. The minimum atomic E-state index is -0.362. The smallest absolute Gasteiger partial charge is 0.249 e. The van der Waals surface area contributed by atoms with Gasteiger partial charge in [-0.15, -0.1) is 12.4 Å². The zero-order valence-corrected chi connectivity index (χ0v) is 14.6. The Morgan fingerprint density at radius 2 is 2.04 bits per heavy atom. The van der Waals surface area contributed by atoms with Gasteiger partial charge >= 0.3 is 0 Å². The highest BCUT2D eigenvalue weighted by atomic mass is 35.5. The Hall–Kier alpha value is -1.30. The maximum atomic E-state index is 11.9. The highest BCUT2D eigenvalue weighted by Crippen LogP contribution is 2.19. The SMILES string of the molecule is CC(C)c1ccc(OCCNC(=O)[C@@H]2CC[C@H](CN)O2)cc1.Cl. The zero-order valence-electron chi connectivity index (χ0n) is 13.8. The molecular weight excluding hydrogens is 316 g/mol. The summed E-state index contributed by atoms with van der Waals surface area (Å²) < 4.78 is 11.2. The second kappa shape index (κ2) is 9.75. The third-order valence-corrected chi connectivity index (χ3v) is 3.88. The Morgan fingerprint density at radius 1 is 1.35 bits per heavy atom. The molecule has 1 heterocycles. The van der Waals surface area contributed by atoms with E-state index < -0.39 is 0 Å². The van der Waals surface area contributed by atoms with Gasteiger partial charge in [-0.25, -0.2) is 0 Å². The first-order chi connectivity index (χ1) is 10.6. The topological polar surface area (TPSA) is 73.6 Å². The highest BCUT2D eigenvalue weighted by molar-refractivity contribution is 5.85. The van der Waals surface area contributed by atoms with Crippen molar-refractivity contribution >= 4 is 18.3 Å². The van der Waals surface area contributed by atoms with Gasteiger partial charge in [0.05, 0.1) is 12.6 Å². The Morgan fingerprint density at radius 3 is 2.61 bits per heavy atom. The number of benzene rings is 1. The molecule has 2 atom stereocenters. The number of hydrogen-bond donors (Lipinski definition) is 2. The molecule has 0 aliphatic carbocycles. The van der Waals surface area contributed by atoms with Crippen molar-refractivity contribution in [3.8, 4) is 5.75 Å². The molecule has 6 heteroatoms. The van der Waals surface area contributed by atoms with Gasteiger partial charge in [-0.2, -0.15) is 0 Å². The van der Waals surface area contributed by atoms with E-state index in [0.29, 0.717) is 25.6 Å². The summed E-state index contributed by atoms with van der Waals surface area (Å²) in [5, 5.41) is 2.84. The molecular formula is C17H27ClN2O3. The second-order valence-electron chi connectivity index (χ2n) is 5.92. The fourth-order valence-electron chi connectivity index (χ4n) is 2.48. The number of hydrogen-bond acceptors (Lipinski definition) is 4. The average Bonchev–Trinajstić information content (AvgIpc) is 3.01. The molecule has 1 amide bonds. The molecule has 1 fully saturated rings. The van der Waals surface area contributed by atoms with Gasteiger partial charge in [0.2, 0.25) is 5.91 Å². The van der Waals surface area contributed by atoms with Crippen LogP contribution in [-0.4, -0.2) is 37.8 Å². The van der Waals surface area contributed by atoms with E-state index in [2.05, 4.69) is 31.3 Å². The number of nitrogens with two attached hydrogens (primary N) is 1. The van der Waals surface area contributed by atoms with Crippen LogP contribution in [0.25, 0.3) is 0 Å². The number of rotatable bonds is 7. The predicted molar refractivity (Wildman–Crippen MR) is 93.2 cm³/mol. The van der Waals surface area contributed by atoms with E-state index in [9.17, 15) is 4.79 Å². The Kier molecular flexibility index (Phi) is 8.37. The first-order valence-electron chi connectivity index (χ1n) is 7.96. The average molecular weight is 343 g/mol. The Balaban J connectivity index is 0.00000264. The van der Waals surface area contributed by atoms with Crippen LogP contribution in [0, 0.1) is 0 Å². The molecule has 3 N–H and O–H groups in total.